The van der Waals surface area contributed by atoms with Gasteiger partial charge in [-0.2, -0.15) is 0 Å². The molecule has 3 heteroatoms. The second-order valence-electron chi connectivity index (χ2n) is 2.14. The third kappa shape index (κ3) is 1.18. The molecule has 2 atom stereocenters. The quantitative estimate of drug-likeness (QED) is 0.376. The molecule has 48 valence electrons. The predicted molar refractivity (Wildman–Crippen MR) is 31.5 cm³/mol. The highest BCUT2D eigenvalue weighted by Gasteiger charge is 2.15. The summed E-state index contributed by atoms with van der Waals surface area (Å²) in [6.45, 7) is 3.78. The lowest BCUT2D eigenvalue weighted by Crippen LogP contribution is -2.54. The van der Waals surface area contributed by atoms with Gasteiger partial charge in [-0.1, -0.05) is 0 Å². The van der Waals surface area contributed by atoms with E-state index in [0.29, 0.717) is 0 Å². The minimum Gasteiger partial charge on any atom is -0.377 e. The highest BCUT2D eigenvalue weighted by Crippen LogP contribution is 1.90. The molecular weight excluding hydrogens is 104 g/mol. The van der Waals surface area contributed by atoms with Gasteiger partial charge in [0.25, 0.3) is 0 Å². The summed E-state index contributed by atoms with van der Waals surface area (Å²) in [5, 5.41) is 15.0. The molecule has 3 N–H and O–H groups in total. The summed E-state index contributed by atoms with van der Waals surface area (Å²) < 4.78 is 0. The van der Waals surface area contributed by atoms with Crippen molar-refractivity contribution in [2.75, 3.05) is 13.1 Å². The molecule has 0 radical (unpaired) electrons. The molecule has 0 aromatic rings. The summed E-state index contributed by atoms with van der Waals surface area (Å²) in [6.07, 6.45) is -0.358. The summed E-state index contributed by atoms with van der Waals surface area (Å²) in [5.41, 5.74) is 0. The van der Waals surface area contributed by atoms with Crippen LogP contribution in [-0.2, 0) is 0 Å². The first kappa shape index (κ1) is 6.01. The van der Waals surface area contributed by atoms with E-state index in [1.54, 1.807) is 0 Å². The van der Waals surface area contributed by atoms with Gasteiger partial charge in [-0.15, -0.1) is 0 Å². The Morgan fingerprint density at radius 1 is 1.38 bits per heavy atom. The number of hydrogen-bond acceptors (Lipinski definition) is 3. The highest BCUT2D eigenvalue weighted by atomic mass is 16.3. The third-order valence-electron chi connectivity index (χ3n) is 1.42. The van der Waals surface area contributed by atoms with Crippen LogP contribution >= 0.6 is 0 Å². The van der Waals surface area contributed by atoms with Gasteiger partial charge >= 0.3 is 0 Å². The second-order valence-corrected chi connectivity index (χ2v) is 2.14. The van der Waals surface area contributed by atoms with Crippen molar-refractivity contribution in [2.45, 2.75) is 19.2 Å². The molecule has 1 saturated heterocycles. The Morgan fingerprint density at radius 2 is 2.00 bits per heavy atom. The Morgan fingerprint density at radius 3 is 2.38 bits per heavy atom. The summed E-state index contributed by atoms with van der Waals surface area (Å²) in [7, 11) is 0. The predicted octanol–water partition coefficient (Wildman–Crippen LogP) is -1.11. The van der Waals surface area contributed by atoms with E-state index in [4.69, 9.17) is 5.11 Å². The minimum absolute atomic E-state index is 0.198. The molecule has 3 nitrogen and oxygen atoms in total. The van der Waals surface area contributed by atoms with E-state index in [2.05, 4.69) is 10.6 Å². The fourth-order valence-electron chi connectivity index (χ4n) is 0.808. The van der Waals surface area contributed by atoms with E-state index in [1.807, 2.05) is 6.92 Å². The number of piperazine rings is 1. The molecule has 1 fully saturated rings. The standard InChI is InChI=1S/C5H12N2O/c1-4-5(8)7-3-2-6-4/h4-8H,2-3H2,1H3. The average molecular weight is 116 g/mol. The highest BCUT2D eigenvalue weighted by molar-refractivity contribution is 4.74. The molecule has 8 heavy (non-hydrogen) atoms. The van der Waals surface area contributed by atoms with Crippen molar-refractivity contribution in [1.82, 2.24) is 10.6 Å². The molecule has 0 aromatic carbocycles. The summed E-state index contributed by atoms with van der Waals surface area (Å²) in [6, 6.07) is 0.198. The Labute approximate surface area is 49.1 Å². The van der Waals surface area contributed by atoms with Crippen molar-refractivity contribution >= 4 is 0 Å². The maximum atomic E-state index is 9.00. The van der Waals surface area contributed by atoms with Crippen LogP contribution in [0.25, 0.3) is 0 Å². The molecule has 0 aliphatic carbocycles. The van der Waals surface area contributed by atoms with Crippen LogP contribution in [0.15, 0.2) is 0 Å². The Bertz CT molecular complexity index is 66.8. The lowest BCUT2D eigenvalue weighted by molar-refractivity contribution is 0.0829. The SMILES string of the molecule is CC1NCCNC1O. The van der Waals surface area contributed by atoms with Crippen LogP contribution < -0.4 is 10.6 Å². The van der Waals surface area contributed by atoms with Gasteiger partial charge in [0, 0.05) is 19.1 Å². The zero-order valence-corrected chi connectivity index (χ0v) is 5.02. The van der Waals surface area contributed by atoms with Crippen LogP contribution in [0, 0.1) is 0 Å². The summed E-state index contributed by atoms with van der Waals surface area (Å²) in [4.78, 5) is 0. The lowest BCUT2D eigenvalue weighted by Gasteiger charge is -2.26. The van der Waals surface area contributed by atoms with Crippen LogP contribution in [0.4, 0.5) is 0 Å². The van der Waals surface area contributed by atoms with Crippen molar-refractivity contribution in [3.63, 3.8) is 0 Å². The van der Waals surface area contributed by atoms with Gasteiger partial charge in [-0.05, 0) is 6.92 Å². The fourth-order valence-corrected chi connectivity index (χ4v) is 0.808. The van der Waals surface area contributed by atoms with E-state index in [1.165, 1.54) is 0 Å². The molecule has 1 aliphatic heterocycles. The maximum Gasteiger partial charge on any atom is 0.120 e. The van der Waals surface area contributed by atoms with Crippen LogP contribution in [0.5, 0.6) is 0 Å². The molecule has 1 aliphatic rings. The first-order chi connectivity index (χ1) is 3.80. The van der Waals surface area contributed by atoms with Gasteiger partial charge < -0.3 is 10.4 Å². The molecule has 0 aromatic heterocycles. The Balaban J connectivity index is 2.28. The Kier molecular flexibility index (Phi) is 1.83. The van der Waals surface area contributed by atoms with Crippen LogP contribution in [-0.4, -0.2) is 30.5 Å². The molecule has 0 spiro atoms. The molecule has 0 amide bonds. The summed E-state index contributed by atoms with van der Waals surface area (Å²) >= 11 is 0. The number of rotatable bonds is 0. The topological polar surface area (TPSA) is 44.3 Å². The fraction of sp³-hybridized carbons (Fsp3) is 1.00. The molecule has 2 unspecified atom stereocenters. The van der Waals surface area contributed by atoms with Crippen LogP contribution in [0.2, 0.25) is 0 Å². The van der Waals surface area contributed by atoms with E-state index in [0.717, 1.165) is 13.1 Å². The molecule has 0 bridgehead atoms. The molecular formula is C5H12N2O. The van der Waals surface area contributed by atoms with Crippen molar-refractivity contribution in [3.8, 4) is 0 Å². The van der Waals surface area contributed by atoms with Gasteiger partial charge in [-0.3, -0.25) is 5.32 Å². The van der Waals surface area contributed by atoms with Crippen molar-refractivity contribution in [3.05, 3.63) is 0 Å². The minimum atomic E-state index is -0.358. The smallest absolute Gasteiger partial charge is 0.120 e. The van der Waals surface area contributed by atoms with Gasteiger partial charge in [0.2, 0.25) is 0 Å². The number of aliphatic hydroxyl groups excluding tert-OH is 1. The summed E-state index contributed by atoms with van der Waals surface area (Å²) in [5.74, 6) is 0. The van der Waals surface area contributed by atoms with Crippen molar-refractivity contribution in [2.24, 2.45) is 0 Å². The third-order valence-corrected chi connectivity index (χ3v) is 1.42. The lowest BCUT2D eigenvalue weighted by atomic mass is 10.2. The van der Waals surface area contributed by atoms with Gasteiger partial charge in [-0.25, -0.2) is 0 Å². The van der Waals surface area contributed by atoms with Crippen LogP contribution in [0.3, 0.4) is 0 Å². The Hall–Kier alpha value is -0.120. The first-order valence-electron chi connectivity index (χ1n) is 2.95. The number of nitrogens with one attached hydrogen (secondary N) is 2. The largest absolute Gasteiger partial charge is 0.377 e. The van der Waals surface area contributed by atoms with Gasteiger partial charge in [0.05, 0.1) is 0 Å². The first-order valence-corrected chi connectivity index (χ1v) is 2.95. The average Bonchev–Trinajstić information content (AvgIpc) is 1.77. The van der Waals surface area contributed by atoms with Gasteiger partial charge in [0.1, 0.15) is 6.23 Å². The van der Waals surface area contributed by atoms with Crippen LogP contribution in [0.1, 0.15) is 6.92 Å². The van der Waals surface area contributed by atoms with Crippen molar-refractivity contribution < 1.29 is 5.11 Å². The number of hydrogen-bond donors (Lipinski definition) is 3. The monoisotopic (exact) mass is 116 g/mol. The van der Waals surface area contributed by atoms with Gasteiger partial charge in [0.15, 0.2) is 0 Å². The maximum absolute atomic E-state index is 9.00. The molecule has 1 rings (SSSR count). The van der Waals surface area contributed by atoms with E-state index in [-0.39, 0.29) is 12.3 Å². The zero-order chi connectivity index (χ0) is 5.98. The van der Waals surface area contributed by atoms with E-state index < -0.39 is 0 Å². The molecule has 0 saturated carbocycles. The van der Waals surface area contributed by atoms with Crippen molar-refractivity contribution in [1.29, 1.82) is 0 Å². The normalized spacial score (nSPS) is 39.8. The zero-order valence-electron chi connectivity index (χ0n) is 5.02. The van der Waals surface area contributed by atoms with E-state index >= 15 is 0 Å². The molecule has 1 heterocycles. The van der Waals surface area contributed by atoms with E-state index in [9.17, 15) is 0 Å². The number of aliphatic hydroxyl groups is 1. The second kappa shape index (κ2) is 2.44.